The van der Waals surface area contributed by atoms with E-state index in [2.05, 4.69) is 40.8 Å². The summed E-state index contributed by atoms with van der Waals surface area (Å²) in [7, 11) is 0. The van der Waals surface area contributed by atoms with Crippen LogP contribution in [0.2, 0.25) is 0 Å². The topological polar surface area (TPSA) is 23.6 Å². The van der Waals surface area contributed by atoms with E-state index in [0.717, 1.165) is 25.9 Å². The van der Waals surface area contributed by atoms with Crippen molar-refractivity contribution >= 4 is 11.6 Å². The summed E-state index contributed by atoms with van der Waals surface area (Å²) in [6.45, 7) is 4.56. The minimum atomic E-state index is 0.230. The molecule has 0 aliphatic carbocycles. The number of nitrogens with zero attached hydrogens (tertiary/aromatic N) is 2. The Morgan fingerprint density at radius 1 is 1.40 bits per heavy atom. The maximum atomic E-state index is 12.1. The fraction of sp³-hybridized carbons (Fsp3) is 0.471. The number of terminal acetylenes is 1. The van der Waals surface area contributed by atoms with Gasteiger partial charge < -0.3 is 9.80 Å². The number of fused-ring (bicyclic) bond motifs is 1. The zero-order chi connectivity index (χ0) is 14.1. The molecule has 0 spiro atoms. The van der Waals surface area contributed by atoms with Gasteiger partial charge in [0.15, 0.2) is 0 Å². The molecule has 3 nitrogen and oxygen atoms in total. The zero-order valence-electron chi connectivity index (χ0n) is 11.9. The molecule has 20 heavy (non-hydrogen) atoms. The van der Waals surface area contributed by atoms with Crippen LogP contribution in [-0.2, 0) is 4.79 Å². The lowest BCUT2D eigenvalue weighted by Crippen LogP contribution is -2.39. The highest BCUT2D eigenvalue weighted by Crippen LogP contribution is 2.39. The van der Waals surface area contributed by atoms with Gasteiger partial charge in [0.2, 0.25) is 5.91 Å². The van der Waals surface area contributed by atoms with E-state index in [4.69, 9.17) is 6.42 Å². The molecule has 0 saturated carbocycles. The Morgan fingerprint density at radius 3 is 2.95 bits per heavy atom. The lowest BCUT2D eigenvalue weighted by atomic mass is 9.93. The quantitative estimate of drug-likeness (QED) is 0.769. The van der Waals surface area contributed by atoms with Gasteiger partial charge in [0.25, 0.3) is 0 Å². The molecule has 1 fully saturated rings. The smallest absolute Gasteiger partial charge is 0.223 e. The Kier molecular flexibility index (Phi) is 3.40. The first-order chi connectivity index (χ1) is 9.70. The highest BCUT2D eigenvalue weighted by molar-refractivity contribution is 5.79. The molecule has 1 aromatic rings. The number of carbonyl (C=O) groups is 1. The first kappa shape index (κ1) is 13.1. The van der Waals surface area contributed by atoms with E-state index in [1.54, 1.807) is 0 Å². The number of anilines is 1. The number of aryl methyl sites for hydroxylation is 1. The van der Waals surface area contributed by atoms with Crippen molar-refractivity contribution in [3.05, 3.63) is 29.3 Å². The molecular formula is C17H20N2O. The predicted octanol–water partition coefficient (Wildman–Crippen LogP) is 2.50. The van der Waals surface area contributed by atoms with Crippen LogP contribution < -0.4 is 4.90 Å². The Balaban J connectivity index is 1.99. The van der Waals surface area contributed by atoms with Gasteiger partial charge in [0, 0.05) is 25.2 Å². The number of hydrogen-bond acceptors (Lipinski definition) is 2. The van der Waals surface area contributed by atoms with Crippen molar-refractivity contribution in [2.24, 2.45) is 0 Å². The van der Waals surface area contributed by atoms with E-state index in [-0.39, 0.29) is 6.04 Å². The van der Waals surface area contributed by atoms with Crippen molar-refractivity contribution < 1.29 is 4.79 Å². The summed E-state index contributed by atoms with van der Waals surface area (Å²) in [5, 5.41) is 0. The molecule has 0 N–H and O–H groups in total. The number of rotatable bonds is 2. The van der Waals surface area contributed by atoms with Crippen molar-refractivity contribution in [2.45, 2.75) is 32.2 Å². The van der Waals surface area contributed by atoms with Gasteiger partial charge in [-0.05, 0) is 31.4 Å². The Labute approximate surface area is 120 Å². The van der Waals surface area contributed by atoms with Crippen LogP contribution in [0.4, 0.5) is 5.69 Å². The SMILES string of the molecule is C#CCN1CCC(N2CCCC2=O)c2cc(C)ccc21. The number of likely N-dealkylation sites (tertiary alicyclic amines) is 1. The van der Waals surface area contributed by atoms with Crippen molar-refractivity contribution in [3.63, 3.8) is 0 Å². The second kappa shape index (κ2) is 5.20. The third-order valence-corrected chi connectivity index (χ3v) is 4.32. The molecule has 1 unspecified atom stereocenters. The maximum Gasteiger partial charge on any atom is 0.223 e. The van der Waals surface area contributed by atoms with Gasteiger partial charge in [-0.15, -0.1) is 6.42 Å². The van der Waals surface area contributed by atoms with Crippen molar-refractivity contribution in [3.8, 4) is 12.3 Å². The number of amides is 1. The van der Waals surface area contributed by atoms with Gasteiger partial charge in [-0.25, -0.2) is 0 Å². The molecule has 2 aliphatic heterocycles. The van der Waals surface area contributed by atoms with E-state index in [9.17, 15) is 4.79 Å². The molecule has 1 amide bonds. The number of benzene rings is 1. The molecule has 104 valence electrons. The van der Waals surface area contributed by atoms with Gasteiger partial charge in [-0.2, -0.15) is 0 Å². The molecule has 0 aromatic heterocycles. The summed E-state index contributed by atoms with van der Waals surface area (Å²) in [5.41, 5.74) is 3.70. The van der Waals surface area contributed by atoms with E-state index >= 15 is 0 Å². The minimum absolute atomic E-state index is 0.230. The molecule has 0 bridgehead atoms. The standard InChI is InChI=1S/C17H20N2O/c1-3-9-18-11-8-16(19-10-4-5-17(19)20)14-12-13(2)6-7-15(14)18/h1,6-7,12,16H,4-5,8-11H2,2H3. The van der Waals surface area contributed by atoms with E-state index < -0.39 is 0 Å². The zero-order valence-corrected chi connectivity index (χ0v) is 11.9. The van der Waals surface area contributed by atoms with E-state index in [1.807, 2.05) is 0 Å². The molecular weight excluding hydrogens is 248 g/mol. The van der Waals surface area contributed by atoms with Crippen LogP contribution in [0.25, 0.3) is 0 Å². The fourth-order valence-electron chi connectivity index (χ4n) is 3.38. The Bertz CT molecular complexity index is 573. The summed E-state index contributed by atoms with van der Waals surface area (Å²) in [5.74, 6) is 3.03. The largest absolute Gasteiger partial charge is 0.360 e. The summed E-state index contributed by atoms with van der Waals surface area (Å²) < 4.78 is 0. The van der Waals surface area contributed by atoms with E-state index in [0.29, 0.717) is 18.9 Å². The molecule has 2 aliphatic rings. The van der Waals surface area contributed by atoms with Crippen LogP contribution in [-0.4, -0.2) is 30.4 Å². The lowest BCUT2D eigenvalue weighted by Gasteiger charge is -2.39. The van der Waals surface area contributed by atoms with Crippen molar-refractivity contribution in [1.82, 2.24) is 4.90 Å². The average molecular weight is 268 g/mol. The molecule has 3 rings (SSSR count). The van der Waals surface area contributed by atoms with Crippen LogP contribution >= 0.6 is 0 Å². The molecule has 1 aromatic carbocycles. The average Bonchev–Trinajstić information content (AvgIpc) is 2.85. The van der Waals surface area contributed by atoms with Crippen LogP contribution in [0.15, 0.2) is 18.2 Å². The van der Waals surface area contributed by atoms with Crippen LogP contribution in [0, 0.1) is 19.3 Å². The number of carbonyl (C=O) groups excluding carboxylic acids is 1. The molecule has 1 saturated heterocycles. The van der Waals surface area contributed by atoms with Gasteiger partial charge in [0.1, 0.15) is 0 Å². The summed E-state index contributed by atoms with van der Waals surface area (Å²) in [6.07, 6.45) is 8.14. The molecule has 0 radical (unpaired) electrons. The highest BCUT2D eigenvalue weighted by atomic mass is 16.2. The predicted molar refractivity (Wildman–Crippen MR) is 80.5 cm³/mol. The van der Waals surface area contributed by atoms with E-state index in [1.165, 1.54) is 16.8 Å². The van der Waals surface area contributed by atoms with Crippen LogP contribution in [0.3, 0.4) is 0 Å². The fourth-order valence-corrected chi connectivity index (χ4v) is 3.38. The normalized spacial score (nSPS) is 21.8. The summed E-state index contributed by atoms with van der Waals surface area (Å²) in [4.78, 5) is 16.4. The lowest BCUT2D eigenvalue weighted by molar-refractivity contribution is -0.130. The highest BCUT2D eigenvalue weighted by Gasteiger charge is 2.33. The Hall–Kier alpha value is -1.95. The number of hydrogen-bond donors (Lipinski definition) is 0. The maximum absolute atomic E-state index is 12.1. The molecule has 3 heteroatoms. The first-order valence-electron chi connectivity index (χ1n) is 7.29. The van der Waals surface area contributed by atoms with Gasteiger partial charge >= 0.3 is 0 Å². The third-order valence-electron chi connectivity index (χ3n) is 4.32. The monoisotopic (exact) mass is 268 g/mol. The first-order valence-corrected chi connectivity index (χ1v) is 7.29. The van der Waals surface area contributed by atoms with Crippen molar-refractivity contribution in [2.75, 3.05) is 24.5 Å². The van der Waals surface area contributed by atoms with Crippen molar-refractivity contribution in [1.29, 1.82) is 0 Å². The van der Waals surface area contributed by atoms with Gasteiger partial charge in [-0.3, -0.25) is 4.79 Å². The molecule has 1 atom stereocenters. The van der Waals surface area contributed by atoms with Gasteiger partial charge in [0.05, 0.1) is 12.6 Å². The summed E-state index contributed by atoms with van der Waals surface area (Å²) in [6, 6.07) is 6.72. The summed E-state index contributed by atoms with van der Waals surface area (Å²) >= 11 is 0. The second-order valence-electron chi connectivity index (χ2n) is 5.68. The molecule has 2 heterocycles. The minimum Gasteiger partial charge on any atom is -0.360 e. The third kappa shape index (κ3) is 2.16. The van der Waals surface area contributed by atoms with Crippen LogP contribution in [0.5, 0.6) is 0 Å². The van der Waals surface area contributed by atoms with Crippen LogP contribution in [0.1, 0.15) is 36.4 Å². The Morgan fingerprint density at radius 2 is 2.25 bits per heavy atom. The van der Waals surface area contributed by atoms with Gasteiger partial charge in [-0.1, -0.05) is 23.6 Å². The second-order valence-corrected chi connectivity index (χ2v) is 5.68.